The third-order valence-electron chi connectivity index (χ3n) is 3.65. The highest BCUT2D eigenvalue weighted by molar-refractivity contribution is 6.03. The van der Waals surface area contributed by atoms with Gasteiger partial charge in [0.15, 0.2) is 5.82 Å². The molecule has 7 nitrogen and oxygen atoms in total. The summed E-state index contributed by atoms with van der Waals surface area (Å²) >= 11 is 0. The van der Waals surface area contributed by atoms with Gasteiger partial charge in [0.2, 0.25) is 11.8 Å². The number of amides is 2. The molecule has 0 saturated heterocycles. The zero-order valence-corrected chi connectivity index (χ0v) is 12.4. The zero-order chi connectivity index (χ0) is 16.4. The molecule has 2 atom stereocenters. The van der Waals surface area contributed by atoms with Crippen molar-refractivity contribution in [3.63, 3.8) is 0 Å². The molecule has 2 amide bonds. The number of hydrogen-bond acceptors (Lipinski definition) is 5. The fourth-order valence-electron chi connectivity index (χ4n) is 2.33. The number of hydrogen-bond donors (Lipinski definition) is 2. The number of rotatable bonds is 4. The number of aryl methyl sites for hydroxylation is 1. The lowest BCUT2D eigenvalue weighted by Gasteiger charge is -2.06. The predicted molar refractivity (Wildman–Crippen MR) is 81.3 cm³/mol. The van der Waals surface area contributed by atoms with Crippen LogP contribution in [0.2, 0.25) is 0 Å². The van der Waals surface area contributed by atoms with Crippen molar-refractivity contribution in [2.24, 2.45) is 11.8 Å². The fourth-order valence-corrected chi connectivity index (χ4v) is 2.33. The molecule has 1 aliphatic carbocycles. The number of aromatic nitrogens is 1. The molecule has 2 aromatic rings. The first-order valence-corrected chi connectivity index (χ1v) is 7.12. The largest absolute Gasteiger partial charge is 0.360 e. The first-order valence-electron chi connectivity index (χ1n) is 7.12. The van der Waals surface area contributed by atoms with Crippen LogP contribution in [0.25, 0.3) is 0 Å². The Morgan fingerprint density at radius 2 is 1.96 bits per heavy atom. The van der Waals surface area contributed by atoms with Crippen molar-refractivity contribution in [2.45, 2.75) is 13.3 Å². The van der Waals surface area contributed by atoms with E-state index in [1.165, 1.54) is 0 Å². The highest BCUT2D eigenvalue weighted by atomic mass is 16.5. The molecule has 7 heteroatoms. The number of benzene rings is 1. The summed E-state index contributed by atoms with van der Waals surface area (Å²) in [5.74, 6) is -0.362. The van der Waals surface area contributed by atoms with Gasteiger partial charge in [0.25, 0.3) is 0 Å². The SMILES string of the molecule is Cc1cc(NC(=O)C2CC2C(=O)Nc2ccccc2C#N)no1. The van der Waals surface area contributed by atoms with Crippen LogP contribution in [-0.4, -0.2) is 17.0 Å². The van der Waals surface area contributed by atoms with E-state index in [9.17, 15) is 9.59 Å². The Kier molecular flexibility index (Phi) is 3.81. The highest BCUT2D eigenvalue weighted by Crippen LogP contribution is 2.40. The van der Waals surface area contributed by atoms with E-state index in [-0.39, 0.29) is 17.7 Å². The van der Waals surface area contributed by atoms with Crippen LogP contribution in [0.4, 0.5) is 11.5 Å². The molecule has 1 saturated carbocycles. The van der Waals surface area contributed by atoms with E-state index in [0.717, 1.165) is 0 Å². The lowest BCUT2D eigenvalue weighted by atomic mass is 10.2. The summed E-state index contributed by atoms with van der Waals surface area (Å²) in [7, 11) is 0. The molecule has 23 heavy (non-hydrogen) atoms. The quantitative estimate of drug-likeness (QED) is 0.898. The first-order chi connectivity index (χ1) is 11.1. The van der Waals surface area contributed by atoms with E-state index in [4.69, 9.17) is 9.78 Å². The Bertz CT molecular complexity index is 806. The van der Waals surface area contributed by atoms with E-state index in [1.807, 2.05) is 6.07 Å². The molecule has 116 valence electrons. The third-order valence-corrected chi connectivity index (χ3v) is 3.65. The maximum absolute atomic E-state index is 12.2. The molecule has 0 radical (unpaired) electrons. The van der Waals surface area contributed by atoms with Crippen molar-refractivity contribution in [3.05, 3.63) is 41.7 Å². The fraction of sp³-hybridized carbons (Fsp3) is 0.250. The topological polar surface area (TPSA) is 108 Å². The van der Waals surface area contributed by atoms with E-state index in [2.05, 4.69) is 15.8 Å². The van der Waals surface area contributed by atoms with Gasteiger partial charge in [0.1, 0.15) is 11.8 Å². The standard InChI is InChI=1S/C16H14N4O3/c1-9-6-14(20-23-9)19-16(22)12-7-11(12)15(21)18-13-5-3-2-4-10(13)8-17/h2-6,11-12H,7H2,1H3,(H,18,21)(H,19,20,22). The predicted octanol–water partition coefficient (Wildman–Crippen LogP) is 2.07. The van der Waals surface area contributed by atoms with Crippen LogP contribution in [0.3, 0.4) is 0 Å². The number of nitrogens with zero attached hydrogens (tertiary/aromatic N) is 2. The normalized spacial score (nSPS) is 18.8. The summed E-state index contributed by atoms with van der Waals surface area (Å²) in [6.07, 6.45) is 0.475. The van der Waals surface area contributed by atoms with Crippen LogP contribution in [0, 0.1) is 30.1 Å². The molecule has 2 N–H and O–H groups in total. The highest BCUT2D eigenvalue weighted by Gasteiger charge is 2.48. The molecule has 0 spiro atoms. The zero-order valence-electron chi connectivity index (χ0n) is 12.4. The van der Waals surface area contributed by atoms with E-state index < -0.39 is 5.92 Å². The van der Waals surface area contributed by atoms with Crippen LogP contribution in [-0.2, 0) is 9.59 Å². The van der Waals surface area contributed by atoms with Crippen LogP contribution in [0.15, 0.2) is 34.9 Å². The van der Waals surface area contributed by atoms with Gasteiger partial charge < -0.3 is 15.2 Å². The second-order valence-corrected chi connectivity index (χ2v) is 5.41. The van der Waals surface area contributed by atoms with Crippen molar-refractivity contribution in [2.75, 3.05) is 10.6 Å². The van der Waals surface area contributed by atoms with E-state index >= 15 is 0 Å². The number of carbonyl (C=O) groups excluding carboxylic acids is 2. The van der Waals surface area contributed by atoms with Gasteiger partial charge in [-0.05, 0) is 25.5 Å². The van der Waals surface area contributed by atoms with E-state index in [0.29, 0.717) is 29.2 Å². The summed E-state index contributed by atoms with van der Waals surface area (Å²) in [6.45, 7) is 1.72. The molecule has 0 aliphatic heterocycles. The summed E-state index contributed by atoms with van der Waals surface area (Å²) in [6, 6.07) is 10.4. The van der Waals surface area contributed by atoms with Crippen LogP contribution >= 0.6 is 0 Å². The summed E-state index contributed by atoms with van der Waals surface area (Å²) in [4.78, 5) is 24.2. The second-order valence-electron chi connectivity index (χ2n) is 5.41. The van der Waals surface area contributed by atoms with Gasteiger partial charge in [-0.3, -0.25) is 9.59 Å². The molecule has 1 aromatic carbocycles. The maximum atomic E-state index is 12.2. The number of nitrogens with one attached hydrogen (secondary N) is 2. The second kappa shape index (κ2) is 5.93. The minimum absolute atomic E-state index is 0.257. The monoisotopic (exact) mass is 310 g/mol. The van der Waals surface area contributed by atoms with Gasteiger partial charge >= 0.3 is 0 Å². The molecule has 1 heterocycles. The summed E-state index contributed by atoms with van der Waals surface area (Å²) in [5.41, 5.74) is 0.846. The molecule has 1 aromatic heterocycles. The number of anilines is 2. The lowest BCUT2D eigenvalue weighted by molar-refractivity contribution is -0.122. The van der Waals surface area contributed by atoms with Gasteiger partial charge in [0.05, 0.1) is 23.1 Å². The van der Waals surface area contributed by atoms with Crippen molar-refractivity contribution in [1.29, 1.82) is 5.26 Å². The number of carbonyl (C=O) groups is 2. The number of nitriles is 1. The van der Waals surface area contributed by atoms with Gasteiger partial charge in [-0.2, -0.15) is 5.26 Å². The van der Waals surface area contributed by atoms with Crippen molar-refractivity contribution in [1.82, 2.24) is 5.16 Å². The van der Waals surface area contributed by atoms with E-state index in [1.54, 1.807) is 37.3 Å². The molecular formula is C16H14N4O3. The molecule has 0 bridgehead atoms. The van der Waals surface area contributed by atoms with Crippen LogP contribution in [0.5, 0.6) is 0 Å². The third kappa shape index (κ3) is 3.21. The van der Waals surface area contributed by atoms with Crippen molar-refractivity contribution < 1.29 is 14.1 Å². The average Bonchev–Trinajstić information content (AvgIpc) is 3.25. The molecule has 3 rings (SSSR count). The summed E-state index contributed by atoms with van der Waals surface area (Å²) < 4.78 is 4.87. The van der Waals surface area contributed by atoms with Gasteiger partial charge in [-0.1, -0.05) is 17.3 Å². The van der Waals surface area contributed by atoms with Crippen LogP contribution < -0.4 is 10.6 Å². The summed E-state index contributed by atoms with van der Waals surface area (Å²) in [5, 5.41) is 18.0. The molecular weight excluding hydrogens is 296 g/mol. The minimum Gasteiger partial charge on any atom is -0.360 e. The Hall–Kier alpha value is -3.14. The molecule has 2 unspecified atom stereocenters. The smallest absolute Gasteiger partial charge is 0.229 e. The molecule has 1 fully saturated rings. The van der Waals surface area contributed by atoms with Gasteiger partial charge in [-0.15, -0.1) is 0 Å². The first kappa shape index (κ1) is 14.8. The Morgan fingerprint density at radius 3 is 2.61 bits per heavy atom. The maximum Gasteiger partial charge on any atom is 0.229 e. The Labute approximate surface area is 132 Å². The van der Waals surface area contributed by atoms with Crippen molar-refractivity contribution in [3.8, 4) is 6.07 Å². The van der Waals surface area contributed by atoms with Crippen LogP contribution in [0.1, 0.15) is 17.7 Å². The number of para-hydroxylation sites is 1. The Balaban J connectivity index is 1.58. The minimum atomic E-state index is -0.394. The lowest BCUT2D eigenvalue weighted by Crippen LogP contribution is -2.21. The van der Waals surface area contributed by atoms with Gasteiger partial charge in [0, 0.05) is 6.07 Å². The molecule has 1 aliphatic rings. The van der Waals surface area contributed by atoms with Gasteiger partial charge in [-0.25, -0.2) is 0 Å². The van der Waals surface area contributed by atoms with Crippen molar-refractivity contribution >= 4 is 23.3 Å². The average molecular weight is 310 g/mol. The Morgan fingerprint density at radius 1 is 1.26 bits per heavy atom.